The second-order valence-electron chi connectivity index (χ2n) is 5.54. The number of hydrogen-bond acceptors (Lipinski definition) is 6. The number of carbonyl (C=O) groups excluding carboxylic acids is 1. The van der Waals surface area contributed by atoms with Crippen LogP contribution in [0.5, 0.6) is 0 Å². The van der Waals surface area contributed by atoms with Crippen LogP contribution in [0.3, 0.4) is 0 Å². The fourth-order valence-electron chi connectivity index (χ4n) is 2.22. The van der Waals surface area contributed by atoms with Crippen molar-refractivity contribution in [2.24, 2.45) is 0 Å². The van der Waals surface area contributed by atoms with Crippen molar-refractivity contribution in [3.63, 3.8) is 0 Å². The number of rotatable bonds is 5. The maximum absolute atomic E-state index is 11.5. The maximum Gasteiger partial charge on any atom is 0.249 e. The number of ketones is 1. The topological polar surface area (TPSA) is 79.8 Å². The molecule has 2 aromatic carbocycles. The van der Waals surface area contributed by atoms with Gasteiger partial charge in [-0.1, -0.05) is 18.2 Å². The Morgan fingerprint density at radius 1 is 1.12 bits per heavy atom. The number of Topliss-reactive ketones (excluding diaryl/α,β-unsaturated/α-hetero) is 1. The highest BCUT2D eigenvalue weighted by Gasteiger charge is 2.06. The molecule has 0 unspecified atom stereocenters. The van der Waals surface area contributed by atoms with E-state index in [1.807, 2.05) is 37.3 Å². The zero-order valence-electron chi connectivity index (χ0n) is 13.7. The third-order valence-corrected chi connectivity index (χ3v) is 4.13. The molecule has 25 heavy (non-hydrogen) atoms. The molecular weight excluding hydrogens is 382 g/mol. The molecule has 0 spiro atoms. The van der Waals surface area contributed by atoms with Crippen LogP contribution in [0.2, 0.25) is 0 Å². The number of carbonyl (C=O) groups is 1. The van der Waals surface area contributed by atoms with Gasteiger partial charge in [0.15, 0.2) is 11.6 Å². The van der Waals surface area contributed by atoms with Crippen molar-refractivity contribution in [3.8, 4) is 0 Å². The molecule has 0 aliphatic carbocycles. The summed E-state index contributed by atoms with van der Waals surface area (Å²) in [6.45, 7) is 3.55. The maximum atomic E-state index is 11.5. The number of aromatic nitrogens is 3. The van der Waals surface area contributed by atoms with E-state index in [1.54, 1.807) is 12.1 Å². The summed E-state index contributed by atoms with van der Waals surface area (Å²) in [5.74, 6) is 0.912. The molecule has 1 heterocycles. The average molecular weight is 398 g/mol. The number of hydrogen-bond donors (Lipinski definition) is 2. The van der Waals surface area contributed by atoms with E-state index < -0.39 is 0 Å². The summed E-state index contributed by atoms with van der Waals surface area (Å²) in [6.07, 6.45) is 1.52. The predicted molar refractivity (Wildman–Crippen MR) is 102 cm³/mol. The van der Waals surface area contributed by atoms with Crippen molar-refractivity contribution in [1.82, 2.24) is 15.2 Å². The average Bonchev–Trinajstić information content (AvgIpc) is 2.58. The SMILES string of the molecule is CC(=O)c1cccc(Nc2cnnc(Nc3ccc(C)cc3Br)n2)c1. The van der Waals surface area contributed by atoms with Crippen molar-refractivity contribution < 1.29 is 4.79 Å². The van der Waals surface area contributed by atoms with Crippen LogP contribution in [-0.2, 0) is 0 Å². The quantitative estimate of drug-likeness (QED) is 0.610. The van der Waals surface area contributed by atoms with Gasteiger partial charge < -0.3 is 10.6 Å². The van der Waals surface area contributed by atoms with Gasteiger partial charge in [0.25, 0.3) is 0 Å². The summed E-state index contributed by atoms with van der Waals surface area (Å²) in [6, 6.07) is 13.2. The molecule has 0 saturated carbocycles. The molecule has 1 aromatic heterocycles. The molecular formula is C18H16BrN5O. The van der Waals surface area contributed by atoms with Gasteiger partial charge in [0.2, 0.25) is 5.95 Å². The molecule has 0 aliphatic rings. The number of nitrogens with zero attached hydrogens (tertiary/aromatic N) is 3. The number of halogens is 1. The van der Waals surface area contributed by atoms with Crippen molar-refractivity contribution >= 4 is 44.9 Å². The highest BCUT2D eigenvalue weighted by Crippen LogP contribution is 2.26. The Balaban J connectivity index is 1.79. The van der Waals surface area contributed by atoms with Gasteiger partial charge in [0.1, 0.15) is 0 Å². The van der Waals surface area contributed by atoms with Gasteiger partial charge in [-0.15, -0.1) is 5.10 Å². The third kappa shape index (κ3) is 4.39. The summed E-state index contributed by atoms with van der Waals surface area (Å²) >= 11 is 3.51. The second-order valence-corrected chi connectivity index (χ2v) is 6.39. The highest BCUT2D eigenvalue weighted by molar-refractivity contribution is 9.10. The fraction of sp³-hybridized carbons (Fsp3) is 0.111. The fourth-order valence-corrected chi connectivity index (χ4v) is 2.81. The van der Waals surface area contributed by atoms with Gasteiger partial charge in [0.05, 0.1) is 11.9 Å². The van der Waals surface area contributed by atoms with E-state index in [0.29, 0.717) is 17.3 Å². The molecule has 7 heteroatoms. The molecule has 6 nitrogen and oxygen atoms in total. The molecule has 0 amide bonds. The molecule has 0 bridgehead atoms. The van der Waals surface area contributed by atoms with Crippen molar-refractivity contribution in [2.45, 2.75) is 13.8 Å². The van der Waals surface area contributed by atoms with E-state index in [0.717, 1.165) is 21.4 Å². The normalized spacial score (nSPS) is 10.4. The minimum atomic E-state index is 0.0102. The van der Waals surface area contributed by atoms with Gasteiger partial charge in [-0.2, -0.15) is 10.1 Å². The van der Waals surface area contributed by atoms with Crippen LogP contribution in [0.15, 0.2) is 53.1 Å². The van der Waals surface area contributed by atoms with Crippen LogP contribution in [-0.4, -0.2) is 21.0 Å². The number of benzene rings is 2. The first-order chi connectivity index (χ1) is 12.0. The van der Waals surface area contributed by atoms with Crippen LogP contribution in [0, 0.1) is 6.92 Å². The number of anilines is 4. The molecule has 3 aromatic rings. The summed E-state index contributed by atoms with van der Waals surface area (Å²) in [5, 5.41) is 14.2. The third-order valence-electron chi connectivity index (χ3n) is 3.47. The second kappa shape index (κ2) is 7.40. The van der Waals surface area contributed by atoms with Crippen molar-refractivity contribution in [1.29, 1.82) is 0 Å². The largest absolute Gasteiger partial charge is 0.339 e. The van der Waals surface area contributed by atoms with E-state index >= 15 is 0 Å². The first-order valence-electron chi connectivity index (χ1n) is 7.62. The van der Waals surface area contributed by atoms with E-state index in [4.69, 9.17) is 0 Å². The van der Waals surface area contributed by atoms with Gasteiger partial charge in [-0.3, -0.25) is 4.79 Å². The van der Waals surface area contributed by atoms with E-state index in [2.05, 4.69) is 41.7 Å². The van der Waals surface area contributed by atoms with Crippen molar-refractivity contribution in [2.75, 3.05) is 10.6 Å². The molecule has 0 saturated heterocycles. The Bertz CT molecular complexity index is 929. The summed E-state index contributed by atoms with van der Waals surface area (Å²) in [7, 11) is 0. The van der Waals surface area contributed by atoms with Gasteiger partial charge in [0, 0.05) is 15.7 Å². The Morgan fingerprint density at radius 3 is 2.72 bits per heavy atom. The molecule has 0 radical (unpaired) electrons. The Kier molecular flexibility index (Phi) is 5.04. The molecule has 0 atom stereocenters. The monoisotopic (exact) mass is 397 g/mol. The van der Waals surface area contributed by atoms with Crippen LogP contribution < -0.4 is 10.6 Å². The van der Waals surface area contributed by atoms with E-state index in [-0.39, 0.29) is 5.78 Å². The lowest BCUT2D eigenvalue weighted by molar-refractivity contribution is 0.101. The smallest absolute Gasteiger partial charge is 0.249 e. The Labute approximate surface area is 153 Å². The summed E-state index contributed by atoms with van der Waals surface area (Å²) in [5.41, 5.74) is 3.39. The Morgan fingerprint density at radius 2 is 1.96 bits per heavy atom. The van der Waals surface area contributed by atoms with E-state index in [1.165, 1.54) is 13.1 Å². The van der Waals surface area contributed by atoms with Crippen LogP contribution >= 0.6 is 15.9 Å². The zero-order chi connectivity index (χ0) is 17.8. The lowest BCUT2D eigenvalue weighted by Crippen LogP contribution is -2.03. The molecule has 3 rings (SSSR count). The summed E-state index contributed by atoms with van der Waals surface area (Å²) < 4.78 is 0.920. The minimum absolute atomic E-state index is 0.0102. The standard InChI is InChI=1S/C18H16BrN5O/c1-11-6-7-16(15(19)8-11)22-18-23-17(10-20-24-18)21-14-5-3-4-13(9-14)12(2)25/h3-10H,1-2H3,(H2,21,22,23,24). The first-order valence-corrected chi connectivity index (χ1v) is 8.41. The molecule has 0 fully saturated rings. The lowest BCUT2D eigenvalue weighted by atomic mass is 10.1. The predicted octanol–water partition coefficient (Wildman–Crippen LogP) is 4.63. The van der Waals surface area contributed by atoms with E-state index in [9.17, 15) is 4.79 Å². The molecule has 2 N–H and O–H groups in total. The lowest BCUT2D eigenvalue weighted by Gasteiger charge is -2.10. The first kappa shape index (κ1) is 17.0. The minimum Gasteiger partial charge on any atom is -0.339 e. The van der Waals surface area contributed by atoms with Crippen LogP contribution in [0.4, 0.5) is 23.1 Å². The zero-order valence-corrected chi connectivity index (χ0v) is 15.3. The number of aryl methyl sites for hydroxylation is 1. The van der Waals surface area contributed by atoms with Gasteiger partial charge >= 0.3 is 0 Å². The molecule has 0 aliphatic heterocycles. The summed E-state index contributed by atoms with van der Waals surface area (Å²) in [4.78, 5) is 15.9. The molecule has 126 valence electrons. The highest BCUT2D eigenvalue weighted by atomic mass is 79.9. The van der Waals surface area contributed by atoms with Crippen LogP contribution in [0.25, 0.3) is 0 Å². The number of nitrogens with one attached hydrogen (secondary N) is 2. The van der Waals surface area contributed by atoms with Crippen molar-refractivity contribution in [3.05, 3.63) is 64.3 Å². The van der Waals surface area contributed by atoms with Crippen LogP contribution in [0.1, 0.15) is 22.8 Å². The van der Waals surface area contributed by atoms with Gasteiger partial charge in [-0.05, 0) is 59.6 Å². The van der Waals surface area contributed by atoms with Gasteiger partial charge in [-0.25, -0.2) is 0 Å². The Hall–Kier alpha value is -2.80.